The van der Waals surface area contributed by atoms with E-state index in [2.05, 4.69) is 17.1 Å². The first-order valence-electron chi connectivity index (χ1n) is 7.34. The number of nitrogens with zero attached hydrogens (tertiary/aromatic N) is 2. The third-order valence-electron chi connectivity index (χ3n) is 3.94. The van der Waals surface area contributed by atoms with Gasteiger partial charge in [0.15, 0.2) is 0 Å². The molecular weight excluding hydrogens is 253 g/mol. The van der Waals surface area contributed by atoms with Gasteiger partial charge in [-0.2, -0.15) is 5.26 Å². The van der Waals surface area contributed by atoms with Crippen molar-refractivity contribution in [3.05, 3.63) is 35.1 Å². The van der Waals surface area contributed by atoms with Crippen LogP contribution in [-0.2, 0) is 6.54 Å². The molecule has 1 saturated heterocycles. The molecule has 4 heteroatoms. The molecule has 1 aromatic carbocycles. The number of benzene rings is 1. The Morgan fingerprint density at radius 1 is 1.50 bits per heavy atom. The minimum atomic E-state index is -0.274. The summed E-state index contributed by atoms with van der Waals surface area (Å²) in [5.41, 5.74) is 1.06. The standard InChI is InChI=1S/C16H22FN3/c1-2-20(11-14-4-3-7-19-10-14)12-15-6-5-13(9-18)8-16(15)17/h5-6,8,14,19H,2-4,7,10-12H2,1H3. The summed E-state index contributed by atoms with van der Waals surface area (Å²) in [6.07, 6.45) is 2.48. The van der Waals surface area contributed by atoms with Crippen LogP contribution >= 0.6 is 0 Å². The van der Waals surface area contributed by atoms with Gasteiger partial charge in [-0.15, -0.1) is 0 Å². The largest absolute Gasteiger partial charge is 0.316 e. The number of halogens is 1. The van der Waals surface area contributed by atoms with Crippen molar-refractivity contribution in [1.29, 1.82) is 5.26 Å². The molecule has 0 amide bonds. The lowest BCUT2D eigenvalue weighted by Gasteiger charge is -2.29. The van der Waals surface area contributed by atoms with E-state index in [0.717, 1.165) is 26.2 Å². The molecule has 1 N–H and O–H groups in total. The number of rotatable bonds is 5. The molecule has 20 heavy (non-hydrogen) atoms. The lowest BCUT2D eigenvalue weighted by Crippen LogP contribution is -2.38. The summed E-state index contributed by atoms with van der Waals surface area (Å²) in [6.45, 7) is 6.82. The molecule has 0 aromatic heterocycles. The maximum absolute atomic E-state index is 13.9. The van der Waals surface area contributed by atoms with Crippen LogP contribution < -0.4 is 5.32 Å². The van der Waals surface area contributed by atoms with Gasteiger partial charge < -0.3 is 5.32 Å². The second-order valence-electron chi connectivity index (χ2n) is 5.46. The van der Waals surface area contributed by atoms with Crippen molar-refractivity contribution in [1.82, 2.24) is 10.2 Å². The van der Waals surface area contributed by atoms with E-state index in [9.17, 15) is 4.39 Å². The van der Waals surface area contributed by atoms with Gasteiger partial charge in [0.2, 0.25) is 0 Å². The summed E-state index contributed by atoms with van der Waals surface area (Å²) < 4.78 is 13.9. The minimum Gasteiger partial charge on any atom is -0.316 e. The van der Waals surface area contributed by atoms with E-state index in [1.54, 1.807) is 12.1 Å². The normalized spacial score (nSPS) is 19.0. The average molecular weight is 275 g/mol. The average Bonchev–Trinajstić information content (AvgIpc) is 2.49. The first-order valence-corrected chi connectivity index (χ1v) is 7.34. The zero-order valence-corrected chi connectivity index (χ0v) is 12.0. The van der Waals surface area contributed by atoms with E-state index in [0.29, 0.717) is 23.6 Å². The fourth-order valence-corrected chi connectivity index (χ4v) is 2.74. The number of nitriles is 1. The summed E-state index contributed by atoms with van der Waals surface area (Å²) in [6, 6.07) is 6.71. The molecule has 1 heterocycles. The Bertz CT molecular complexity index is 475. The molecule has 2 rings (SSSR count). The van der Waals surface area contributed by atoms with E-state index < -0.39 is 0 Å². The third kappa shape index (κ3) is 4.03. The number of hydrogen-bond donors (Lipinski definition) is 1. The van der Waals surface area contributed by atoms with Crippen molar-refractivity contribution in [3.63, 3.8) is 0 Å². The second-order valence-corrected chi connectivity index (χ2v) is 5.46. The highest BCUT2D eigenvalue weighted by Crippen LogP contribution is 2.16. The molecule has 0 saturated carbocycles. The molecule has 0 radical (unpaired) electrons. The SMILES string of the molecule is CCN(Cc1ccc(C#N)cc1F)CC1CCCNC1. The second kappa shape index (κ2) is 7.37. The van der Waals surface area contributed by atoms with Gasteiger partial charge in [0.25, 0.3) is 0 Å². The monoisotopic (exact) mass is 275 g/mol. The molecule has 108 valence electrons. The molecule has 1 fully saturated rings. The van der Waals surface area contributed by atoms with Gasteiger partial charge >= 0.3 is 0 Å². The van der Waals surface area contributed by atoms with Crippen molar-refractivity contribution >= 4 is 0 Å². The van der Waals surface area contributed by atoms with Crippen molar-refractivity contribution < 1.29 is 4.39 Å². The maximum Gasteiger partial charge on any atom is 0.129 e. The first-order chi connectivity index (χ1) is 9.72. The maximum atomic E-state index is 13.9. The van der Waals surface area contributed by atoms with Crippen LogP contribution in [-0.4, -0.2) is 31.1 Å². The Labute approximate surface area is 120 Å². The van der Waals surface area contributed by atoms with Crippen LogP contribution in [0.3, 0.4) is 0 Å². The predicted molar refractivity (Wildman–Crippen MR) is 77.7 cm³/mol. The first kappa shape index (κ1) is 15.0. The summed E-state index contributed by atoms with van der Waals surface area (Å²) in [5, 5.41) is 12.2. The predicted octanol–water partition coefficient (Wildman–Crippen LogP) is 2.52. The lowest BCUT2D eigenvalue weighted by atomic mass is 9.99. The Morgan fingerprint density at radius 2 is 2.35 bits per heavy atom. The van der Waals surface area contributed by atoms with Gasteiger partial charge in [-0.1, -0.05) is 13.0 Å². The molecule has 0 bridgehead atoms. The van der Waals surface area contributed by atoms with E-state index in [-0.39, 0.29) is 5.82 Å². The van der Waals surface area contributed by atoms with Crippen LogP contribution in [0.2, 0.25) is 0 Å². The molecule has 0 aliphatic carbocycles. The van der Waals surface area contributed by atoms with E-state index in [1.807, 2.05) is 6.07 Å². The highest BCUT2D eigenvalue weighted by atomic mass is 19.1. The smallest absolute Gasteiger partial charge is 0.129 e. The quantitative estimate of drug-likeness (QED) is 0.897. The van der Waals surface area contributed by atoms with Crippen molar-refractivity contribution in [3.8, 4) is 6.07 Å². The van der Waals surface area contributed by atoms with Gasteiger partial charge in [0, 0.05) is 18.7 Å². The van der Waals surface area contributed by atoms with E-state index in [4.69, 9.17) is 5.26 Å². The van der Waals surface area contributed by atoms with Gasteiger partial charge in [-0.3, -0.25) is 4.90 Å². The fraction of sp³-hybridized carbons (Fsp3) is 0.562. The number of piperidine rings is 1. The fourth-order valence-electron chi connectivity index (χ4n) is 2.74. The highest BCUT2D eigenvalue weighted by molar-refractivity contribution is 5.32. The molecule has 0 spiro atoms. The summed E-state index contributed by atoms with van der Waals surface area (Å²) in [4.78, 5) is 2.28. The van der Waals surface area contributed by atoms with Crippen LogP contribution in [0.1, 0.15) is 30.9 Å². The Balaban J connectivity index is 1.97. The molecular formula is C16H22FN3. The van der Waals surface area contributed by atoms with Crippen molar-refractivity contribution in [2.45, 2.75) is 26.3 Å². The Morgan fingerprint density at radius 3 is 2.95 bits per heavy atom. The van der Waals surface area contributed by atoms with Crippen LogP contribution in [0.25, 0.3) is 0 Å². The van der Waals surface area contributed by atoms with Gasteiger partial charge in [0.05, 0.1) is 11.6 Å². The Kier molecular flexibility index (Phi) is 5.51. The lowest BCUT2D eigenvalue weighted by molar-refractivity contribution is 0.207. The van der Waals surface area contributed by atoms with Gasteiger partial charge in [-0.05, 0) is 50.5 Å². The van der Waals surface area contributed by atoms with E-state index in [1.165, 1.54) is 18.9 Å². The minimum absolute atomic E-state index is 0.274. The molecule has 1 aromatic rings. The molecule has 1 aliphatic heterocycles. The number of nitrogens with one attached hydrogen (secondary N) is 1. The molecule has 1 unspecified atom stereocenters. The van der Waals surface area contributed by atoms with Crippen LogP contribution in [0.5, 0.6) is 0 Å². The molecule has 1 aliphatic rings. The summed E-state index contributed by atoms with van der Waals surface area (Å²) in [7, 11) is 0. The zero-order chi connectivity index (χ0) is 14.4. The molecule has 1 atom stereocenters. The summed E-state index contributed by atoms with van der Waals surface area (Å²) in [5.74, 6) is 0.384. The highest BCUT2D eigenvalue weighted by Gasteiger charge is 2.17. The number of hydrogen-bond acceptors (Lipinski definition) is 3. The molecule has 3 nitrogen and oxygen atoms in total. The summed E-state index contributed by atoms with van der Waals surface area (Å²) >= 11 is 0. The van der Waals surface area contributed by atoms with Gasteiger partial charge in [0.1, 0.15) is 5.82 Å². The van der Waals surface area contributed by atoms with Crippen LogP contribution in [0.4, 0.5) is 4.39 Å². The van der Waals surface area contributed by atoms with Crippen molar-refractivity contribution in [2.24, 2.45) is 5.92 Å². The van der Waals surface area contributed by atoms with Crippen LogP contribution in [0, 0.1) is 23.1 Å². The van der Waals surface area contributed by atoms with E-state index >= 15 is 0 Å². The van der Waals surface area contributed by atoms with Gasteiger partial charge in [-0.25, -0.2) is 4.39 Å². The Hall–Kier alpha value is -1.44. The zero-order valence-electron chi connectivity index (χ0n) is 12.0. The third-order valence-corrected chi connectivity index (χ3v) is 3.94. The van der Waals surface area contributed by atoms with Crippen LogP contribution in [0.15, 0.2) is 18.2 Å². The van der Waals surface area contributed by atoms with Crippen molar-refractivity contribution in [2.75, 3.05) is 26.2 Å². The topological polar surface area (TPSA) is 39.1 Å².